The summed E-state index contributed by atoms with van der Waals surface area (Å²) in [6.45, 7) is 5.72. The lowest BCUT2D eigenvalue weighted by atomic mass is 10.3. The standard InChI is InChI=1S/C16H23BrN6O3S/c1-12-16(17)13(2)23(19-12)5-4-15(24)21-6-8-22(9-7-21)27(25,26)14-10-18-20(3)11-14/h10-11H,4-9H2,1-3H3. The normalized spacial score (nSPS) is 16.1. The molecule has 9 nitrogen and oxygen atoms in total. The first kappa shape index (κ1) is 20.0. The average molecular weight is 459 g/mol. The summed E-state index contributed by atoms with van der Waals surface area (Å²) in [5.74, 6) is 0.0112. The highest BCUT2D eigenvalue weighted by Gasteiger charge is 2.30. The van der Waals surface area contributed by atoms with Crippen molar-refractivity contribution in [1.82, 2.24) is 28.8 Å². The third-order valence-corrected chi connectivity index (χ3v) is 7.74. The zero-order valence-electron chi connectivity index (χ0n) is 15.6. The predicted octanol–water partition coefficient (Wildman–Crippen LogP) is 0.919. The molecule has 0 aliphatic carbocycles. The number of nitrogens with zero attached hydrogens (tertiary/aromatic N) is 6. The van der Waals surface area contributed by atoms with Crippen LogP contribution in [0.5, 0.6) is 0 Å². The maximum absolute atomic E-state index is 12.6. The second-order valence-electron chi connectivity index (χ2n) is 6.59. The molecule has 1 fully saturated rings. The average Bonchev–Trinajstić information content (AvgIpc) is 3.19. The number of hydrogen-bond acceptors (Lipinski definition) is 5. The quantitative estimate of drug-likeness (QED) is 0.663. The molecule has 1 aliphatic heterocycles. The molecule has 0 spiro atoms. The van der Waals surface area contributed by atoms with Gasteiger partial charge in [0.2, 0.25) is 15.9 Å². The van der Waals surface area contributed by atoms with Crippen molar-refractivity contribution >= 4 is 31.9 Å². The number of hydrogen-bond donors (Lipinski definition) is 0. The van der Waals surface area contributed by atoms with E-state index < -0.39 is 10.0 Å². The molecule has 3 heterocycles. The largest absolute Gasteiger partial charge is 0.340 e. The first-order valence-corrected chi connectivity index (χ1v) is 10.9. The van der Waals surface area contributed by atoms with Crippen LogP contribution in [0.4, 0.5) is 0 Å². The third kappa shape index (κ3) is 4.09. The van der Waals surface area contributed by atoms with E-state index in [1.54, 1.807) is 11.9 Å². The Kier molecular flexibility index (Phi) is 5.73. The smallest absolute Gasteiger partial charge is 0.246 e. The Morgan fingerprint density at radius 2 is 1.89 bits per heavy atom. The molecule has 0 radical (unpaired) electrons. The molecule has 148 valence electrons. The molecule has 2 aromatic heterocycles. The minimum Gasteiger partial charge on any atom is -0.340 e. The molecule has 11 heteroatoms. The number of amides is 1. The van der Waals surface area contributed by atoms with Gasteiger partial charge in [0.1, 0.15) is 4.90 Å². The highest BCUT2D eigenvalue weighted by molar-refractivity contribution is 9.10. The summed E-state index contributed by atoms with van der Waals surface area (Å²) in [6, 6.07) is 0. The summed E-state index contributed by atoms with van der Waals surface area (Å²) in [5.41, 5.74) is 1.89. The Hall–Kier alpha value is -1.72. The number of piperazine rings is 1. The number of halogens is 1. The van der Waals surface area contributed by atoms with Crippen LogP contribution in [0, 0.1) is 13.8 Å². The molecule has 1 aliphatic rings. The third-order valence-electron chi connectivity index (χ3n) is 4.74. The van der Waals surface area contributed by atoms with Crippen molar-refractivity contribution in [3.05, 3.63) is 28.3 Å². The first-order chi connectivity index (χ1) is 12.7. The fourth-order valence-electron chi connectivity index (χ4n) is 3.11. The van der Waals surface area contributed by atoms with Gasteiger partial charge in [-0.1, -0.05) is 0 Å². The zero-order chi connectivity index (χ0) is 19.8. The first-order valence-electron chi connectivity index (χ1n) is 8.66. The van der Waals surface area contributed by atoms with Crippen molar-refractivity contribution in [3.8, 4) is 0 Å². The van der Waals surface area contributed by atoms with Gasteiger partial charge in [0.05, 0.1) is 22.9 Å². The van der Waals surface area contributed by atoms with Crippen LogP contribution in [0.15, 0.2) is 21.8 Å². The molecule has 0 unspecified atom stereocenters. The van der Waals surface area contributed by atoms with Gasteiger partial charge < -0.3 is 4.90 Å². The van der Waals surface area contributed by atoms with Crippen molar-refractivity contribution in [3.63, 3.8) is 0 Å². The highest BCUT2D eigenvalue weighted by Crippen LogP contribution is 2.20. The van der Waals surface area contributed by atoms with Crippen LogP contribution < -0.4 is 0 Å². The number of sulfonamides is 1. The molecule has 0 N–H and O–H groups in total. The predicted molar refractivity (Wildman–Crippen MR) is 103 cm³/mol. The lowest BCUT2D eigenvalue weighted by Gasteiger charge is -2.33. The zero-order valence-corrected chi connectivity index (χ0v) is 18.0. The van der Waals surface area contributed by atoms with E-state index in [2.05, 4.69) is 26.1 Å². The maximum Gasteiger partial charge on any atom is 0.246 e. The van der Waals surface area contributed by atoms with E-state index in [9.17, 15) is 13.2 Å². The molecule has 1 saturated heterocycles. The molecule has 0 atom stereocenters. The molecule has 3 rings (SSSR count). The fraction of sp³-hybridized carbons (Fsp3) is 0.562. The van der Waals surface area contributed by atoms with Crippen molar-refractivity contribution in [1.29, 1.82) is 0 Å². The van der Waals surface area contributed by atoms with Gasteiger partial charge in [-0.05, 0) is 29.8 Å². The van der Waals surface area contributed by atoms with Gasteiger partial charge in [-0.2, -0.15) is 14.5 Å². The second-order valence-corrected chi connectivity index (χ2v) is 9.32. The number of rotatable bonds is 5. The molecule has 0 aromatic carbocycles. The molecular formula is C16H23BrN6O3S. The van der Waals surface area contributed by atoms with Gasteiger partial charge in [-0.3, -0.25) is 14.2 Å². The van der Waals surface area contributed by atoms with Gasteiger partial charge in [0.25, 0.3) is 0 Å². The summed E-state index contributed by atoms with van der Waals surface area (Å²) in [6.07, 6.45) is 3.17. The van der Waals surface area contributed by atoms with Crippen LogP contribution in [0.25, 0.3) is 0 Å². The summed E-state index contributed by atoms with van der Waals surface area (Å²) < 4.78 is 30.9. The van der Waals surface area contributed by atoms with Gasteiger partial charge in [-0.25, -0.2) is 8.42 Å². The highest BCUT2D eigenvalue weighted by atomic mass is 79.9. The van der Waals surface area contributed by atoms with Gasteiger partial charge in [0.15, 0.2) is 0 Å². The van der Waals surface area contributed by atoms with Crippen LogP contribution in [-0.2, 0) is 28.4 Å². The van der Waals surface area contributed by atoms with Crippen LogP contribution >= 0.6 is 15.9 Å². The molecule has 2 aromatic rings. The maximum atomic E-state index is 12.6. The Morgan fingerprint density at radius 3 is 2.41 bits per heavy atom. The van der Waals surface area contributed by atoms with Crippen LogP contribution in [0.1, 0.15) is 17.8 Å². The monoisotopic (exact) mass is 458 g/mol. The minimum absolute atomic E-state index is 0.0112. The van der Waals surface area contributed by atoms with E-state index in [0.29, 0.717) is 26.1 Å². The lowest BCUT2D eigenvalue weighted by molar-refractivity contribution is -0.132. The van der Waals surface area contributed by atoms with Crippen molar-refractivity contribution < 1.29 is 13.2 Å². The van der Waals surface area contributed by atoms with E-state index in [4.69, 9.17) is 0 Å². The second kappa shape index (κ2) is 7.72. The van der Waals surface area contributed by atoms with Crippen LogP contribution in [0.3, 0.4) is 0 Å². The molecule has 1 amide bonds. The van der Waals surface area contributed by atoms with E-state index in [0.717, 1.165) is 15.9 Å². The molecule has 0 saturated carbocycles. The Labute approximate surface area is 167 Å². The Balaban J connectivity index is 1.55. The van der Waals surface area contributed by atoms with E-state index in [1.165, 1.54) is 21.4 Å². The lowest BCUT2D eigenvalue weighted by Crippen LogP contribution is -2.50. The van der Waals surface area contributed by atoms with Gasteiger partial charge in [-0.15, -0.1) is 0 Å². The summed E-state index contributed by atoms with van der Waals surface area (Å²) in [4.78, 5) is 14.4. The van der Waals surface area contributed by atoms with Gasteiger partial charge >= 0.3 is 0 Å². The number of carbonyl (C=O) groups excluding carboxylic acids is 1. The number of aryl methyl sites for hydroxylation is 3. The van der Waals surface area contributed by atoms with E-state index >= 15 is 0 Å². The van der Waals surface area contributed by atoms with Crippen molar-refractivity contribution in [2.45, 2.75) is 31.7 Å². The Morgan fingerprint density at radius 1 is 1.22 bits per heavy atom. The van der Waals surface area contributed by atoms with Crippen LogP contribution in [-0.4, -0.2) is 69.3 Å². The van der Waals surface area contributed by atoms with Crippen molar-refractivity contribution in [2.75, 3.05) is 26.2 Å². The molecular weight excluding hydrogens is 436 g/mol. The topological polar surface area (TPSA) is 93.3 Å². The SMILES string of the molecule is Cc1nn(CCC(=O)N2CCN(S(=O)(=O)c3cnn(C)c3)CC2)c(C)c1Br. The minimum atomic E-state index is -3.56. The summed E-state index contributed by atoms with van der Waals surface area (Å²) >= 11 is 3.48. The van der Waals surface area contributed by atoms with E-state index in [-0.39, 0.29) is 23.9 Å². The number of carbonyl (C=O) groups is 1. The summed E-state index contributed by atoms with van der Waals surface area (Å²) in [7, 11) is -1.88. The number of aromatic nitrogens is 4. The molecule has 27 heavy (non-hydrogen) atoms. The Bertz CT molecular complexity index is 944. The molecule has 0 bridgehead atoms. The van der Waals surface area contributed by atoms with E-state index in [1.807, 2.05) is 18.5 Å². The fourth-order valence-corrected chi connectivity index (χ4v) is 4.80. The van der Waals surface area contributed by atoms with Crippen LogP contribution in [0.2, 0.25) is 0 Å². The van der Waals surface area contributed by atoms with Crippen molar-refractivity contribution in [2.24, 2.45) is 7.05 Å². The van der Waals surface area contributed by atoms with Gasteiger partial charge in [0, 0.05) is 51.5 Å². The summed E-state index contributed by atoms with van der Waals surface area (Å²) in [5, 5.41) is 8.33.